The van der Waals surface area contributed by atoms with Gasteiger partial charge in [0.05, 0.1) is 0 Å². The fourth-order valence-electron chi connectivity index (χ4n) is 1.88. The molecule has 3 heteroatoms. The molecule has 2 aromatic rings. The van der Waals surface area contributed by atoms with E-state index in [9.17, 15) is 0 Å². The standard InChI is InChI=1S/C16H20N2S/c1-3-17-16-8-7-15(10-18-16)12-19-11-14-6-4-5-13(2)9-14/h4-10H,3,11-12H2,1-2H3,(H,17,18). The van der Waals surface area contributed by atoms with Crippen LogP contribution in [-0.4, -0.2) is 11.5 Å². The van der Waals surface area contributed by atoms with Crippen molar-refractivity contribution in [1.82, 2.24) is 4.98 Å². The largest absolute Gasteiger partial charge is 0.370 e. The summed E-state index contributed by atoms with van der Waals surface area (Å²) in [5.41, 5.74) is 4.00. The number of benzene rings is 1. The van der Waals surface area contributed by atoms with Gasteiger partial charge >= 0.3 is 0 Å². The van der Waals surface area contributed by atoms with E-state index < -0.39 is 0 Å². The number of aromatic nitrogens is 1. The van der Waals surface area contributed by atoms with Gasteiger partial charge in [-0.25, -0.2) is 4.98 Å². The lowest BCUT2D eigenvalue weighted by atomic mass is 10.2. The lowest BCUT2D eigenvalue weighted by molar-refractivity contribution is 1.14. The number of hydrogen-bond acceptors (Lipinski definition) is 3. The van der Waals surface area contributed by atoms with E-state index in [-0.39, 0.29) is 0 Å². The quantitative estimate of drug-likeness (QED) is 0.850. The Bertz CT molecular complexity index is 508. The molecule has 0 spiro atoms. The molecule has 0 fully saturated rings. The van der Waals surface area contributed by atoms with Crippen molar-refractivity contribution in [1.29, 1.82) is 0 Å². The zero-order valence-corrected chi connectivity index (χ0v) is 12.3. The normalized spacial score (nSPS) is 10.4. The van der Waals surface area contributed by atoms with Crippen LogP contribution in [0.15, 0.2) is 42.6 Å². The third-order valence-electron chi connectivity index (χ3n) is 2.80. The molecule has 2 nitrogen and oxygen atoms in total. The van der Waals surface area contributed by atoms with Crippen molar-refractivity contribution in [3.63, 3.8) is 0 Å². The molecule has 0 saturated heterocycles. The summed E-state index contributed by atoms with van der Waals surface area (Å²) in [6, 6.07) is 12.9. The Labute approximate surface area is 119 Å². The molecule has 0 unspecified atom stereocenters. The molecule has 0 atom stereocenters. The average molecular weight is 272 g/mol. The van der Waals surface area contributed by atoms with E-state index in [1.54, 1.807) is 0 Å². The maximum absolute atomic E-state index is 4.38. The highest BCUT2D eigenvalue weighted by Gasteiger charge is 1.98. The number of thioether (sulfide) groups is 1. The molecule has 0 bridgehead atoms. The third kappa shape index (κ3) is 4.60. The molecule has 0 saturated carbocycles. The maximum Gasteiger partial charge on any atom is 0.125 e. The Hall–Kier alpha value is -1.48. The van der Waals surface area contributed by atoms with E-state index in [1.807, 2.05) is 24.0 Å². The minimum Gasteiger partial charge on any atom is -0.370 e. The molecular weight excluding hydrogens is 252 g/mol. The fourth-order valence-corrected chi connectivity index (χ4v) is 2.81. The van der Waals surface area contributed by atoms with Gasteiger partial charge in [-0.05, 0) is 31.0 Å². The highest BCUT2D eigenvalue weighted by molar-refractivity contribution is 7.97. The van der Waals surface area contributed by atoms with Crippen LogP contribution in [0.4, 0.5) is 5.82 Å². The SMILES string of the molecule is CCNc1ccc(CSCc2cccc(C)c2)cn1. The van der Waals surface area contributed by atoms with Crippen LogP contribution in [-0.2, 0) is 11.5 Å². The first-order valence-corrected chi connectivity index (χ1v) is 7.75. The van der Waals surface area contributed by atoms with Crippen molar-refractivity contribution in [2.24, 2.45) is 0 Å². The first-order chi connectivity index (χ1) is 9.28. The summed E-state index contributed by atoms with van der Waals surface area (Å²) in [4.78, 5) is 4.38. The number of anilines is 1. The van der Waals surface area contributed by atoms with E-state index in [0.717, 1.165) is 23.9 Å². The minimum absolute atomic E-state index is 0.911. The molecular formula is C16H20N2S. The van der Waals surface area contributed by atoms with Gasteiger partial charge in [-0.15, -0.1) is 0 Å². The zero-order chi connectivity index (χ0) is 13.5. The van der Waals surface area contributed by atoms with E-state index in [1.165, 1.54) is 16.7 Å². The Balaban J connectivity index is 1.82. The van der Waals surface area contributed by atoms with E-state index in [4.69, 9.17) is 0 Å². The molecule has 1 aromatic carbocycles. The lowest BCUT2D eigenvalue weighted by Crippen LogP contribution is -1.98. The molecule has 2 rings (SSSR count). The van der Waals surface area contributed by atoms with Crippen LogP contribution < -0.4 is 5.32 Å². The Kier molecular flexibility index (Phi) is 5.28. The molecule has 0 aliphatic rings. The maximum atomic E-state index is 4.38. The third-order valence-corrected chi connectivity index (χ3v) is 3.88. The molecule has 0 amide bonds. The topological polar surface area (TPSA) is 24.9 Å². The number of aryl methyl sites for hydroxylation is 1. The zero-order valence-electron chi connectivity index (χ0n) is 11.5. The van der Waals surface area contributed by atoms with Gasteiger partial charge < -0.3 is 5.32 Å². The average Bonchev–Trinajstić information content (AvgIpc) is 2.41. The lowest BCUT2D eigenvalue weighted by Gasteiger charge is -2.05. The van der Waals surface area contributed by atoms with E-state index in [2.05, 4.69) is 54.5 Å². The van der Waals surface area contributed by atoms with Crippen molar-refractivity contribution in [3.8, 4) is 0 Å². The second-order valence-corrected chi connectivity index (χ2v) is 5.55. The molecule has 1 N–H and O–H groups in total. The highest BCUT2D eigenvalue weighted by Crippen LogP contribution is 2.18. The summed E-state index contributed by atoms with van der Waals surface area (Å²) in [7, 11) is 0. The van der Waals surface area contributed by atoms with Gasteiger partial charge in [0.25, 0.3) is 0 Å². The summed E-state index contributed by atoms with van der Waals surface area (Å²) in [6.07, 6.45) is 1.96. The first kappa shape index (κ1) is 13.9. The van der Waals surface area contributed by atoms with Crippen molar-refractivity contribution in [2.45, 2.75) is 25.4 Å². The van der Waals surface area contributed by atoms with Crippen LogP contribution in [0.5, 0.6) is 0 Å². The van der Waals surface area contributed by atoms with Crippen molar-refractivity contribution in [2.75, 3.05) is 11.9 Å². The molecule has 1 heterocycles. The van der Waals surface area contributed by atoms with Gasteiger partial charge in [0.15, 0.2) is 0 Å². The highest BCUT2D eigenvalue weighted by atomic mass is 32.2. The molecule has 0 radical (unpaired) electrons. The molecule has 1 aromatic heterocycles. The van der Waals surface area contributed by atoms with Crippen LogP contribution in [0.3, 0.4) is 0 Å². The van der Waals surface area contributed by atoms with Gasteiger partial charge in [-0.2, -0.15) is 11.8 Å². The molecule has 19 heavy (non-hydrogen) atoms. The first-order valence-electron chi connectivity index (χ1n) is 6.60. The van der Waals surface area contributed by atoms with Crippen molar-refractivity contribution >= 4 is 17.6 Å². The second-order valence-electron chi connectivity index (χ2n) is 4.56. The number of nitrogens with one attached hydrogen (secondary N) is 1. The summed E-state index contributed by atoms with van der Waals surface area (Å²) >= 11 is 1.93. The van der Waals surface area contributed by atoms with E-state index >= 15 is 0 Å². The number of hydrogen-bond donors (Lipinski definition) is 1. The monoisotopic (exact) mass is 272 g/mol. The molecule has 100 valence electrons. The van der Waals surface area contributed by atoms with Gasteiger partial charge in [0.1, 0.15) is 5.82 Å². The van der Waals surface area contributed by atoms with Gasteiger partial charge in [0.2, 0.25) is 0 Å². The molecule has 0 aliphatic carbocycles. The molecule has 0 aliphatic heterocycles. The van der Waals surface area contributed by atoms with Crippen LogP contribution in [0.1, 0.15) is 23.6 Å². The smallest absolute Gasteiger partial charge is 0.125 e. The van der Waals surface area contributed by atoms with Gasteiger partial charge in [0, 0.05) is 24.2 Å². The summed E-state index contributed by atoms with van der Waals surface area (Å²) in [5.74, 6) is 3.01. The van der Waals surface area contributed by atoms with Gasteiger partial charge in [-0.3, -0.25) is 0 Å². The van der Waals surface area contributed by atoms with E-state index in [0.29, 0.717) is 0 Å². The number of pyridine rings is 1. The summed E-state index contributed by atoms with van der Waals surface area (Å²) < 4.78 is 0. The predicted molar refractivity (Wildman–Crippen MR) is 84.6 cm³/mol. The van der Waals surface area contributed by atoms with Crippen LogP contribution in [0.2, 0.25) is 0 Å². The van der Waals surface area contributed by atoms with Gasteiger partial charge in [-0.1, -0.05) is 35.9 Å². The van der Waals surface area contributed by atoms with Crippen LogP contribution >= 0.6 is 11.8 Å². The predicted octanol–water partition coefficient (Wildman–Crippen LogP) is 4.26. The summed E-state index contributed by atoms with van der Waals surface area (Å²) in [6.45, 7) is 5.12. The fraction of sp³-hybridized carbons (Fsp3) is 0.312. The Morgan fingerprint density at radius 3 is 2.63 bits per heavy atom. The Morgan fingerprint density at radius 1 is 1.11 bits per heavy atom. The second kappa shape index (κ2) is 7.19. The van der Waals surface area contributed by atoms with Crippen LogP contribution in [0.25, 0.3) is 0 Å². The number of rotatable bonds is 6. The number of nitrogens with zero attached hydrogens (tertiary/aromatic N) is 1. The Morgan fingerprint density at radius 2 is 1.95 bits per heavy atom. The van der Waals surface area contributed by atoms with Crippen LogP contribution in [0, 0.1) is 6.92 Å². The van der Waals surface area contributed by atoms with Crippen molar-refractivity contribution < 1.29 is 0 Å². The van der Waals surface area contributed by atoms with Crippen molar-refractivity contribution in [3.05, 3.63) is 59.3 Å². The summed E-state index contributed by atoms with van der Waals surface area (Å²) in [5, 5.41) is 3.20. The minimum atomic E-state index is 0.911.